The van der Waals surface area contributed by atoms with Crippen LogP contribution in [-0.4, -0.2) is 46.3 Å². The van der Waals surface area contributed by atoms with Crippen LogP contribution in [0.15, 0.2) is 35.4 Å². The van der Waals surface area contributed by atoms with E-state index in [1.165, 1.54) is 23.1 Å². The number of anilines is 1. The molecular weight excluding hydrogens is 386 g/mol. The predicted molar refractivity (Wildman–Crippen MR) is 105 cm³/mol. The van der Waals surface area contributed by atoms with Crippen molar-refractivity contribution in [3.05, 3.63) is 35.3 Å². The number of aryl methyl sites for hydroxylation is 1. The van der Waals surface area contributed by atoms with E-state index in [1.807, 2.05) is 37.3 Å². The van der Waals surface area contributed by atoms with Gasteiger partial charge in [-0.2, -0.15) is 0 Å². The van der Waals surface area contributed by atoms with Gasteiger partial charge in [0.1, 0.15) is 10.0 Å². The van der Waals surface area contributed by atoms with Gasteiger partial charge in [0.25, 0.3) is 0 Å². The van der Waals surface area contributed by atoms with E-state index in [4.69, 9.17) is 9.47 Å². The van der Waals surface area contributed by atoms with Gasteiger partial charge in [0.2, 0.25) is 11.0 Å². The molecule has 0 bridgehead atoms. The lowest BCUT2D eigenvalue weighted by Gasteiger charge is -2.09. The largest absolute Gasteiger partial charge is 0.493 e. The molecule has 8 nitrogen and oxygen atoms in total. The number of hydrogen-bond acceptors (Lipinski definition) is 9. The number of carbonyl (C=O) groups is 1. The Morgan fingerprint density at radius 2 is 1.89 bits per heavy atom. The zero-order valence-electron chi connectivity index (χ0n) is 14.9. The minimum atomic E-state index is -0.165. The third-order valence-corrected chi connectivity index (χ3v) is 5.12. The molecule has 0 saturated carbocycles. The van der Waals surface area contributed by atoms with Gasteiger partial charge in [-0.3, -0.25) is 10.1 Å². The van der Waals surface area contributed by atoms with Crippen molar-refractivity contribution in [1.29, 1.82) is 0 Å². The quantitative estimate of drug-likeness (QED) is 0.601. The van der Waals surface area contributed by atoms with Gasteiger partial charge < -0.3 is 9.47 Å². The molecule has 0 fully saturated rings. The molecule has 0 spiro atoms. The van der Waals surface area contributed by atoms with Gasteiger partial charge in [0, 0.05) is 5.56 Å². The molecule has 1 N–H and O–H groups in total. The van der Waals surface area contributed by atoms with Gasteiger partial charge in [-0.05, 0) is 37.3 Å². The van der Waals surface area contributed by atoms with Crippen molar-refractivity contribution in [3.8, 4) is 22.8 Å². The Labute approximate surface area is 164 Å². The van der Waals surface area contributed by atoms with Crippen molar-refractivity contribution in [1.82, 2.24) is 20.4 Å². The van der Waals surface area contributed by atoms with Crippen molar-refractivity contribution in [2.75, 3.05) is 25.3 Å². The number of rotatable bonds is 7. The fourth-order valence-corrected chi connectivity index (χ4v) is 3.41. The summed E-state index contributed by atoms with van der Waals surface area (Å²) >= 11 is 2.63. The Balaban J connectivity index is 1.61. The normalized spacial score (nSPS) is 10.5. The van der Waals surface area contributed by atoms with Crippen LogP contribution in [0.1, 0.15) is 5.01 Å². The summed E-state index contributed by atoms with van der Waals surface area (Å²) in [5.41, 5.74) is 1.56. The van der Waals surface area contributed by atoms with Gasteiger partial charge in [0.05, 0.1) is 25.7 Å². The zero-order chi connectivity index (χ0) is 19.2. The van der Waals surface area contributed by atoms with Crippen LogP contribution < -0.4 is 14.8 Å². The average Bonchev–Trinajstić information content (AvgIpc) is 3.10. The molecule has 0 radical (unpaired) electrons. The maximum Gasteiger partial charge on any atom is 0.236 e. The van der Waals surface area contributed by atoms with Crippen molar-refractivity contribution < 1.29 is 14.3 Å². The van der Waals surface area contributed by atoms with E-state index in [2.05, 4.69) is 25.7 Å². The summed E-state index contributed by atoms with van der Waals surface area (Å²) in [7, 11) is 3.17. The highest BCUT2D eigenvalue weighted by molar-refractivity contribution is 7.99. The number of benzene rings is 1. The molecule has 27 heavy (non-hydrogen) atoms. The van der Waals surface area contributed by atoms with Crippen LogP contribution in [0.2, 0.25) is 0 Å². The minimum Gasteiger partial charge on any atom is -0.493 e. The Bertz CT molecular complexity index is 931. The molecule has 0 saturated heterocycles. The maximum absolute atomic E-state index is 11.9. The summed E-state index contributed by atoms with van der Waals surface area (Å²) in [6.07, 6.45) is 0. The number of ether oxygens (including phenoxy) is 2. The van der Waals surface area contributed by atoms with Crippen LogP contribution in [-0.2, 0) is 4.79 Å². The number of nitrogens with one attached hydrogen (secondary N) is 1. The SMILES string of the molecule is COc1ccc(-c2ccc(SCC(=O)Nc3nnc(C)s3)nn2)cc1OC. The second-order valence-electron chi connectivity index (χ2n) is 5.29. The Morgan fingerprint density at radius 3 is 2.52 bits per heavy atom. The number of methoxy groups -OCH3 is 2. The van der Waals surface area contributed by atoms with Crippen LogP contribution in [0.25, 0.3) is 11.3 Å². The first kappa shape index (κ1) is 19.1. The molecule has 0 aliphatic heterocycles. The van der Waals surface area contributed by atoms with E-state index in [9.17, 15) is 4.79 Å². The average molecular weight is 403 g/mol. The molecule has 0 aliphatic carbocycles. The van der Waals surface area contributed by atoms with Crippen molar-refractivity contribution >= 4 is 34.1 Å². The van der Waals surface area contributed by atoms with Crippen molar-refractivity contribution in [2.45, 2.75) is 11.9 Å². The molecule has 0 aliphatic rings. The summed E-state index contributed by atoms with van der Waals surface area (Å²) in [5, 5.41) is 20.8. The first-order valence-electron chi connectivity index (χ1n) is 7.88. The number of aromatic nitrogens is 4. The lowest BCUT2D eigenvalue weighted by molar-refractivity contribution is -0.113. The van der Waals surface area contributed by atoms with E-state index in [0.29, 0.717) is 27.4 Å². The highest BCUT2D eigenvalue weighted by Crippen LogP contribution is 2.31. The second kappa shape index (κ2) is 8.78. The smallest absolute Gasteiger partial charge is 0.236 e. The van der Waals surface area contributed by atoms with Gasteiger partial charge >= 0.3 is 0 Å². The molecule has 0 atom stereocenters. The molecule has 1 aromatic carbocycles. The van der Waals surface area contributed by atoms with E-state index >= 15 is 0 Å². The third-order valence-electron chi connectivity index (χ3n) is 3.44. The first-order valence-corrected chi connectivity index (χ1v) is 9.68. The highest BCUT2D eigenvalue weighted by atomic mass is 32.2. The molecule has 140 valence electrons. The Hall–Kier alpha value is -2.72. The van der Waals surface area contributed by atoms with Gasteiger partial charge in [0.15, 0.2) is 11.5 Å². The second-order valence-corrected chi connectivity index (χ2v) is 7.47. The lowest BCUT2D eigenvalue weighted by Crippen LogP contribution is -2.14. The standard InChI is InChI=1S/C17H17N5O3S2/c1-10-19-22-17(27-10)18-15(23)9-26-16-7-5-12(20-21-16)11-4-6-13(24-2)14(8-11)25-3/h4-8H,9H2,1-3H3,(H,18,22,23). The maximum atomic E-state index is 11.9. The zero-order valence-corrected chi connectivity index (χ0v) is 16.6. The third kappa shape index (κ3) is 4.92. The fourth-order valence-electron chi connectivity index (χ4n) is 2.19. The first-order chi connectivity index (χ1) is 13.1. The molecule has 2 heterocycles. The minimum absolute atomic E-state index is 0.165. The summed E-state index contributed by atoms with van der Waals surface area (Å²) in [4.78, 5) is 11.9. The van der Waals surface area contributed by atoms with E-state index in [-0.39, 0.29) is 11.7 Å². The molecule has 1 amide bonds. The van der Waals surface area contributed by atoms with Gasteiger partial charge in [-0.25, -0.2) is 0 Å². The molecular formula is C17H17N5O3S2. The monoisotopic (exact) mass is 403 g/mol. The van der Waals surface area contributed by atoms with Crippen LogP contribution in [0.5, 0.6) is 11.5 Å². The topological polar surface area (TPSA) is 99.1 Å². The van der Waals surface area contributed by atoms with Gasteiger partial charge in [-0.15, -0.1) is 20.4 Å². The van der Waals surface area contributed by atoms with Crippen LogP contribution in [0.4, 0.5) is 5.13 Å². The number of nitrogens with zero attached hydrogens (tertiary/aromatic N) is 4. The Kier molecular flexibility index (Phi) is 6.20. The summed E-state index contributed by atoms with van der Waals surface area (Å²) in [6.45, 7) is 1.83. The summed E-state index contributed by atoms with van der Waals surface area (Å²) < 4.78 is 10.5. The molecule has 2 aromatic heterocycles. The van der Waals surface area contributed by atoms with E-state index < -0.39 is 0 Å². The predicted octanol–water partition coefficient (Wildman–Crippen LogP) is 3.05. The van der Waals surface area contributed by atoms with E-state index in [0.717, 1.165) is 10.6 Å². The molecule has 10 heteroatoms. The number of thioether (sulfide) groups is 1. The van der Waals surface area contributed by atoms with Crippen molar-refractivity contribution in [3.63, 3.8) is 0 Å². The molecule has 3 rings (SSSR count). The van der Waals surface area contributed by atoms with Crippen LogP contribution in [0.3, 0.4) is 0 Å². The van der Waals surface area contributed by atoms with Crippen LogP contribution in [0, 0.1) is 6.92 Å². The van der Waals surface area contributed by atoms with Crippen molar-refractivity contribution in [2.24, 2.45) is 0 Å². The highest BCUT2D eigenvalue weighted by Gasteiger charge is 2.10. The summed E-state index contributed by atoms with van der Waals surface area (Å²) in [6, 6.07) is 9.22. The number of amides is 1. The number of carbonyl (C=O) groups excluding carboxylic acids is 1. The summed E-state index contributed by atoms with van der Waals surface area (Å²) in [5.74, 6) is 1.32. The fraction of sp³-hybridized carbons (Fsp3) is 0.235. The van der Waals surface area contributed by atoms with E-state index in [1.54, 1.807) is 14.2 Å². The Morgan fingerprint density at radius 1 is 1.07 bits per heavy atom. The molecule has 3 aromatic rings. The number of hydrogen-bond donors (Lipinski definition) is 1. The molecule has 0 unspecified atom stereocenters. The van der Waals surface area contributed by atoms with Crippen LogP contribution >= 0.6 is 23.1 Å². The van der Waals surface area contributed by atoms with Gasteiger partial charge in [-0.1, -0.05) is 23.1 Å². The lowest BCUT2D eigenvalue weighted by atomic mass is 10.1.